The summed E-state index contributed by atoms with van der Waals surface area (Å²) in [6.45, 7) is 0. The number of nitrogens with two attached hydrogens (primary N) is 1. The highest BCUT2D eigenvalue weighted by molar-refractivity contribution is 9.10. The number of halogens is 1. The number of rotatable bonds is 1. The quantitative estimate of drug-likeness (QED) is 0.809. The summed E-state index contributed by atoms with van der Waals surface area (Å²) in [5.74, 6) is 0.709. The normalized spacial score (nSPS) is 29.5. The van der Waals surface area contributed by atoms with Crippen LogP contribution >= 0.6 is 27.3 Å². The van der Waals surface area contributed by atoms with Crippen molar-refractivity contribution in [2.24, 2.45) is 5.73 Å². The van der Waals surface area contributed by atoms with Gasteiger partial charge < -0.3 is 5.73 Å². The van der Waals surface area contributed by atoms with E-state index in [1.165, 1.54) is 22.9 Å². The van der Waals surface area contributed by atoms with Gasteiger partial charge >= 0.3 is 0 Å². The smallest absolute Gasteiger partial charge is 0.0317 e. The first-order chi connectivity index (χ1) is 5.77. The van der Waals surface area contributed by atoms with Crippen molar-refractivity contribution in [2.75, 3.05) is 0 Å². The molecule has 0 bridgehead atoms. The number of hydrogen-bond acceptors (Lipinski definition) is 2. The van der Waals surface area contributed by atoms with Gasteiger partial charge in [0.2, 0.25) is 0 Å². The van der Waals surface area contributed by atoms with Gasteiger partial charge in [0.1, 0.15) is 0 Å². The lowest BCUT2D eigenvalue weighted by Crippen LogP contribution is -2.14. The predicted octanol–water partition coefficient (Wildman–Crippen LogP) is 3.11. The lowest BCUT2D eigenvalue weighted by molar-refractivity contribution is 0.674. The van der Waals surface area contributed by atoms with Crippen LogP contribution in [0.25, 0.3) is 0 Å². The highest BCUT2D eigenvalue weighted by Crippen LogP contribution is 2.38. The van der Waals surface area contributed by atoms with Gasteiger partial charge in [0.15, 0.2) is 0 Å². The molecule has 1 aromatic heterocycles. The summed E-state index contributed by atoms with van der Waals surface area (Å²) in [5.41, 5.74) is 7.34. The van der Waals surface area contributed by atoms with E-state index < -0.39 is 0 Å². The molecule has 0 amide bonds. The molecule has 1 aliphatic carbocycles. The maximum absolute atomic E-state index is 5.87. The minimum Gasteiger partial charge on any atom is -0.328 e. The topological polar surface area (TPSA) is 26.0 Å². The molecule has 1 saturated carbocycles. The van der Waals surface area contributed by atoms with Crippen molar-refractivity contribution in [1.29, 1.82) is 0 Å². The van der Waals surface area contributed by atoms with E-state index in [0.29, 0.717) is 12.0 Å². The van der Waals surface area contributed by atoms with Crippen molar-refractivity contribution in [3.8, 4) is 0 Å². The maximum Gasteiger partial charge on any atom is 0.0317 e. The van der Waals surface area contributed by atoms with Crippen LogP contribution in [0.2, 0.25) is 0 Å². The largest absolute Gasteiger partial charge is 0.328 e. The van der Waals surface area contributed by atoms with Crippen molar-refractivity contribution < 1.29 is 0 Å². The summed E-state index contributed by atoms with van der Waals surface area (Å²) in [6.07, 6.45) is 3.61. The van der Waals surface area contributed by atoms with Crippen molar-refractivity contribution in [3.63, 3.8) is 0 Å². The molecule has 1 nitrogen and oxygen atoms in total. The van der Waals surface area contributed by atoms with E-state index in [1.807, 2.05) is 0 Å². The molecule has 0 aliphatic heterocycles. The van der Waals surface area contributed by atoms with Crippen molar-refractivity contribution in [1.82, 2.24) is 0 Å². The molecule has 0 radical (unpaired) electrons. The molecule has 1 aliphatic rings. The van der Waals surface area contributed by atoms with Gasteiger partial charge in [-0.25, -0.2) is 0 Å². The van der Waals surface area contributed by atoms with Crippen molar-refractivity contribution >= 4 is 27.3 Å². The Kier molecular flexibility index (Phi) is 2.53. The zero-order valence-corrected chi connectivity index (χ0v) is 9.20. The Labute approximate surface area is 85.1 Å². The van der Waals surface area contributed by atoms with E-state index in [0.717, 1.165) is 6.42 Å². The predicted molar refractivity (Wildman–Crippen MR) is 56.6 cm³/mol. The lowest BCUT2D eigenvalue weighted by Gasteiger charge is -2.07. The van der Waals surface area contributed by atoms with Gasteiger partial charge in [-0.15, -0.1) is 0 Å². The van der Waals surface area contributed by atoms with Crippen molar-refractivity contribution in [3.05, 3.63) is 20.8 Å². The fraction of sp³-hybridized carbons (Fsp3) is 0.556. The summed E-state index contributed by atoms with van der Waals surface area (Å²) < 4.78 is 1.27. The van der Waals surface area contributed by atoms with E-state index in [-0.39, 0.29) is 0 Å². The summed E-state index contributed by atoms with van der Waals surface area (Å²) in [6, 6.07) is 0.432. The van der Waals surface area contributed by atoms with Crippen molar-refractivity contribution in [2.45, 2.75) is 31.2 Å². The second-order valence-corrected chi connectivity index (χ2v) is 5.04. The molecular weight excluding hydrogens is 234 g/mol. The molecule has 2 rings (SSSR count). The van der Waals surface area contributed by atoms with Crippen LogP contribution in [0.4, 0.5) is 0 Å². The molecule has 2 atom stereocenters. The Morgan fingerprint density at radius 3 is 2.75 bits per heavy atom. The van der Waals surface area contributed by atoms with Crippen LogP contribution in [0, 0.1) is 0 Å². The Bertz CT molecular complexity index is 271. The van der Waals surface area contributed by atoms with Crippen LogP contribution in [0.5, 0.6) is 0 Å². The number of hydrogen-bond donors (Lipinski definition) is 1. The second-order valence-electron chi connectivity index (χ2n) is 3.45. The maximum atomic E-state index is 5.87. The Balaban J connectivity index is 2.16. The highest BCUT2D eigenvalue weighted by atomic mass is 79.9. The molecule has 0 spiro atoms. The average Bonchev–Trinajstić information content (AvgIpc) is 2.58. The third-order valence-electron chi connectivity index (χ3n) is 2.56. The molecule has 1 aromatic rings. The Hall–Kier alpha value is 0.140. The van der Waals surface area contributed by atoms with Crippen LogP contribution < -0.4 is 5.73 Å². The van der Waals surface area contributed by atoms with Gasteiger partial charge in [-0.1, -0.05) is 0 Å². The van der Waals surface area contributed by atoms with Crippen LogP contribution in [0.1, 0.15) is 30.7 Å². The monoisotopic (exact) mass is 245 g/mol. The average molecular weight is 246 g/mol. The second kappa shape index (κ2) is 3.48. The van der Waals surface area contributed by atoms with E-state index in [1.54, 1.807) is 11.3 Å². The van der Waals surface area contributed by atoms with Gasteiger partial charge in [-0.05, 0) is 52.1 Å². The molecule has 0 aromatic carbocycles. The minimum absolute atomic E-state index is 0.432. The van der Waals surface area contributed by atoms with Crippen LogP contribution in [0.15, 0.2) is 15.2 Å². The molecule has 1 fully saturated rings. The fourth-order valence-electron chi connectivity index (χ4n) is 1.88. The third-order valence-corrected chi connectivity index (χ3v) is 4.31. The lowest BCUT2D eigenvalue weighted by atomic mass is 10.0. The Morgan fingerprint density at radius 1 is 1.42 bits per heavy atom. The summed E-state index contributed by atoms with van der Waals surface area (Å²) in [5, 5.41) is 4.39. The SMILES string of the molecule is NC1CCC(c2cscc2Br)C1. The Morgan fingerprint density at radius 2 is 2.25 bits per heavy atom. The van der Waals surface area contributed by atoms with Crippen LogP contribution in [0.3, 0.4) is 0 Å². The molecule has 2 N–H and O–H groups in total. The van der Waals surface area contributed by atoms with E-state index >= 15 is 0 Å². The first-order valence-electron chi connectivity index (χ1n) is 4.24. The standard InChI is InChI=1S/C9H12BrNS/c10-9-5-12-4-8(9)6-1-2-7(11)3-6/h4-7H,1-3,11H2. The zero-order chi connectivity index (χ0) is 8.55. The molecule has 1 heterocycles. The molecular formula is C9H12BrNS. The van der Waals surface area contributed by atoms with Gasteiger partial charge in [0.25, 0.3) is 0 Å². The van der Waals surface area contributed by atoms with Crippen LogP contribution in [-0.2, 0) is 0 Å². The molecule has 0 saturated heterocycles. The van der Waals surface area contributed by atoms with Crippen LogP contribution in [-0.4, -0.2) is 6.04 Å². The molecule has 66 valence electrons. The minimum atomic E-state index is 0.432. The highest BCUT2D eigenvalue weighted by Gasteiger charge is 2.24. The van der Waals surface area contributed by atoms with Gasteiger partial charge in [0, 0.05) is 15.9 Å². The molecule has 3 heteroatoms. The summed E-state index contributed by atoms with van der Waals surface area (Å²) in [4.78, 5) is 0. The first-order valence-corrected chi connectivity index (χ1v) is 5.98. The molecule has 2 unspecified atom stereocenters. The van der Waals surface area contributed by atoms with Gasteiger partial charge in [-0.3, -0.25) is 0 Å². The number of thiophene rings is 1. The summed E-state index contributed by atoms with van der Waals surface area (Å²) >= 11 is 5.33. The van der Waals surface area contributed by atoms with E-state index in [9.17, 15) is 0 Å². The zero-order valence-electron chi connectivity index (χ0n) is 6.79. The fourth-order valence-corrected chi connectivity index (χ4v) is 3.58. The van der Waals surface area contributed by atoms with E-state index in [4.69, 9.17) is 5.73 Å². The van der Waals surface area contributed by atoms with Gasteiger partial charge in [0.05, 0.1) is 0 Å². The first kappa shape index (κ1) is 8.73. The third kappa shape index (κ3) is 1.58. The molecule has 12 heavy (non-hydrogen) atoms. The van der Waals surface area contributed by atoms with E-state index in [2.05, 4.69) is 26.7 Å². The summed E-state index contributed by atoms with van der Waals surface area (Å²) in [7, 11) is 0. The van der Waals surface area contributed by atoms with Gasteiger partial charge in [-0.2, -0.15) is 11.3 Å².